The lowest BCUT2D eigenvalue weighted by Gasteiger charge is -2.42. The molecule has 1 nitrogen and oxygen atoms in total. The van der Waals surface area contributed by atoms with Gasteiger partial charge in [-0.15, -0.1) is 0 Å². The number of benzene rings is 1. The molecule has 0 spiro atoms. The maximum Gasteiger partial charge on any atom is 0.0654 e. The van der Waals surface area contributed by atoms with E-state index >= 15 is 0 Å². The van der Waals surface area contributed by atoms with Gasteiger partial charge in [-0.25, -0.2) is 0 Å². The minimum atomic E-state index is -0.333. The van der Waals surface area contributed by atoms with E-state index < -0.39 is 0 Å². The average molecular weight is 263 g/mol. The van der Waals surface area contributed by atoms with Gasteiger partial charge in [0, 0.05) is 7.05 Å². The zero-order chi connectivity index (χ0) is 14.0. The number of nitrogens with zero attached hydrogens (tertiary/aromatic N) is 1. The standard InChI is InChI=1S/C16H26NP/c1-15(2,3)18(16(4,5)6)14(17-7)13-11-9-8-10-12-13/h8-12H,1-7H3. The highest BCUT2D eigenvalue weighted by Gasteiger charge is 2.38. The molecule has 0 aliphatic carbocycles. The molecule has 100 valence electrons. The van der Waals surface area contributed by atoms with Crippen molar-refractivity contribution in [1.29, 1.82) is 0 Å². The van der Waals surface area contributed by atoms with Crippen molar-refractivity contribution in [3.8, 4) is 0 Å². The zero-order valence-corrected chi connectivity index (χ0v) is 13.7. The first kappa shape index (κ1) is 15.4. The Balaban J connectivity index is 3.29. The Hall–Kier alpha value is -0.680. The summed E-state index contributed by atoms with van der Waals surface area (Å²) in [6.07, 6.45) is 0. The summed E-state index contributed by atoms with van der Waals surface area (Å²) in [5.41, 5.74) is 2.56. The Morgan fingerprint density at radius 3 is 1.67 bits per heavy atom. The van der Waals surface area contributed by atoms with Gasteiger partial charge in [-0.3, -0.25) is 4.99 Å². The summed E-state index contributed by atoms with van der Waals surface area (Å²) in [5.74, 6) is 0. The van der Waals surface area contributed by atoms with Gasteiger partial charge in [0.2, 0.25) is 0 Å². The van der Waals surface area contributed by atoms with Gasteiger partial charge in [0.05, 0.1) is 5.45 Å². The van der Waals surface area contributed by atoms with E-state index in [0.29, 0.717) is 0 Å². The predicted molar refractivity (Wildman–Crippen MR) is 85.3 cm³/mol. The molecule has 0 unspecified atom stereocenters. The second-order valence-electron chi connectivity index (χ2n) is 6.59. The van der Waals surface area contributed by atoms with E-state index in [1.165, 1.54) is 11.0 Å². The van der Waals surface area contributed by atoms with Crippen LogP contribution in [-0.2, 0) is 0 Å². The van der Waals surface area contributed by atoms with Crippen molar-refractivity contribution < 1.29 is 0 Å². The predicted octanol–water partition coefficient (Wildman–Crippen LogP) is 5.14. The molecule has 0 radical (unpaired) electrons. The molecule has 0 aliphatic heterocycles. The number of hydrogen-bond donors (Lipinski definition) is 0. The number of hydrogen-bond acceptors (Lipinski definition) is 1. The Morgan fingerprint density at radius 2 is 1.33 bits per heavy atom. The van der Waals surface area contributed by atoms with Crippen LogP contribution in [0.2, 0.25) is 0 Å². The lowest BCUT2D eigenvalue weighted by Crippen LogP contribution is -2.29. The molecule has 1 aromatic carbocycles. The van der Waals surface area contributed by atoms with Crippen molar-refractivity contribution in [2.75, 3.05) is 7.05 Å². The van der Waals surface area contributed by atoms with Crippen molar-refractivity contribution >= 4 is 13.4 Å². The van der Waals surface area contributed by atoms with Crippen molar-refractivity contribution in [2.24, 2.45) is 4.99 Å². The van der Waals surface area contributed by atoms with E-state index in [1.54, 1.807) is 0 Å². The molecule has 0 bridgehead atoms. The Labute approximate surface area is 113 Å². The van der Waals surface area contributed by atoms with Gasteiger partial charge in [-0.1, -0.05) is 71.9 Å². The van der Waals surface area contributed by atoms with Crippen LogP contribution in [0.25, 0.3) is 0 Å². The van der Waals surface area contributed by atoms with Crippen LogP contribution in [0.1, 0.15) is 47.1 Å². The van der Waals surface area contributed by atoms with Crippen molar-refractivity contribution in [3.63, 3.8) is 0 Å². The first-order chi connectivity index (χ1) is 8.18. The van der Waals surface area contributed by atoms with E-state index in [2.05, 4.69) is 76.9 Å². The minimum absolute atomic E-state index is 0.262. The maximum absolute atomic E-state index is 4.64. The highest BCUT2D eigenvalue weighted by atomic mass is 31.1. The molecule has 0 atom stereocenters. The molecule has 0 saturated carbocycles. The van der Waals surface area contributed by atoms with E-state index in [1.807, 2.05) is 7.05 Å². The second-order valence-corrected chi connectivity index (χ2v) is 10.4. The molecule has 0 saturated heterocycles. The van der Waals surface area contributed by atoms with Gasteiger partial charge in [-0.2, -0.15) is 0 Å². The number of rotatable bonds is 2. The molecule has 1 aromatic rings. The molecule has 0 N–H and O–H groups in total. The van der Waals surface area contributed by atoms with E-state index in [-0.39, 0.29) is 18.2 Å². The number of aliphatic imine (C=N–C) groups is 1. The fraction of sp³-hybridized carbons (Fsp3) is 0.562. The van der Waals surface area contributed by atoms with Gasteiger partial charge < -0.3 is 0 Å². The highest BCUT2D eigenvalue weighted by Crippen LogP contribution is 2.61. The van der Waals surface area contributed by atoms with E-state index in [4.69, 9.17) is 0 Å². The first-order valence-electron chi connectivity index (χ1n) is 6.50. The molecule has 1 rings (SSSR count). The van der Waals surface area contributed by atoms with Gasteiger partial charge in [0.1, 0.15) is 0 Å². The zero-order valence-electron chi connectivity index (χ0n) is 12.8. The molecule has 0 amide bonds. The fourth-order valence-corrected chi connectivity index (χ4v) is 6.48. The normalized spacial score (nSPS) is 14.1. The summed E-state index contributed by atoms with van der Waals surface area (Å²) in [6.45, 7) is 14.0. The molecule has 0 heterocycles. The van der Waals surface area contributed by atoms with Gasteiger partial charge in [0.25, 0.3) is 0 Å². The summed E-state index contributed by atoms with van der Waals surface area (Å²) in [6, 6.07) is 10.6. The third kappa shape index (κ3) is 3.65. The smallest absolute Gasteiger partial charge is 0.0654 e. The summed E-state index contributed by atoms with van der Waals surface area (Å²) in [5, 5.41) is 0.524. The third-order valence-electron chi connectivity index (χ3n) is 2.80. The maximum atomic E-state index is 4.64. The molecule has 0 aliphatic rings. The van der Waals surface area contributed by atoms with E-state index in [0.717, 1.165) is 0 Å². The molecule has 2 heteroatoms. The molecule has 18 heavy (non-hydrogen) atoms. The van der Waals surface area contributed by atoms with Crippen LogP contribution in [0, 0.1) is 0 Å². The van der Waals surface area contributed by atoms with Gasteiger partial charge >= 0.3 is 0 Å². The Bertz CT molecular complexity index is 393. The minimum Gasteiger partial charge on any atom is -0.288 e. The van der Waals surface area contributed by atoms with Gasteiger partial charge in [-0.05, 0) is 23.8 Å². The van der Waals surface area contributed by atoms with Crippen LogP contribution in [0.5, 0.6) is 0 Å². The van der Waals surface area contributed by atoms with Crippen LogP contribution >= 0.6 is 7.92 Å². The van der Waals surface area contributed by atoms with Crippen molar-refractivity contribution in [1.82, 2.24) is 0 Å². The van der Waals surface area contributed by atoms with Crippen LogP contribution in [0.15, 0.2) is 35.3 Å². The topological polar surface area (TPSA) is 12.4 Å². The van der Waals surface area contributed by atoms with Crippen molar-refractivity contribution in [2.45, 2.75) is 51.9 Å². The fourth-order valence-electron chi connectivity index (χ4n) is 2.59. The lowest BCUT2D eigenvalue weighted by atomic mass is 10.2. The molecule has 0 fully saturated rings. The van der Waals surface area contributed by atoms with E-state index in [9.17, 15) is 0 Å². The Morgan fingerprint density at radius 1 is 0.889 bits per heavy atom. The largest absolute Gasteiger partial charge is 0.288 e. The van der Waals surface area contributed by atoms with Gasteiger partial charge in [0.15, 0.2) is 0 Å². The second kappa shape index (κ2) is 5.53. The monoisotopic (exact) mass is 263 g/mol. The quantitative estimate of drug-likeness (QED) is 0.517. The van der Waals surface area contributed by atoms with Crippen LogP contribution < -0.4 is 0 Å². The highest BCUT2D eigenvalue weighted by molar-refractivity contribution is 7.78. The summed E-state index contributed by atoms with van der Waals surface area (Å²) in [7, 11) is 1.59. The SMILES string of the molecule is CN=C(c1ccccc1)P(C(C)(C)C)C(C)(C)C. The molecular weight excluding hydrogens is 237 g/mol. The first-order valence-corrected chi connectivity index (χ1v) is 7.84. The van der Waals surface area contributed by atoms with Crippen LogP contribution in [-0.4, -0.2) is 22.8 Å². The third-order valence-corrected chi connectivity index (χ3v) is 6.36. The average Bonchev–Trinajstić information content (AvgIpc) is 2.23. The van der Waals surface area contributed by atoms with Crippen molar-refractivity contribution in [3.05, 3.63) is 35.9 Å². The van der Waals surface area contributed by atoms with Crippen LogP contribution in [0.4, 0.5) is 0 Å². The summed E-state index contributed by atoms with van der Waals surface area (Å²) >= 11 is 0. The Kier molecular flexibility index (Phi) is 4.72. The summed E-state index contributed by atoms with van der Waals surface area (Å²) in [4.78, 5) is 4.64. The van der Waals surface area contributed by atoms with Crippen LogP contribution in [0.3, 0.4) is 0 Å². The molecular formula is C16H26NP. The lowest BCUT2D eigenvalue weighted by molar-refractivity contribution is 0.717. The molecule has 0 aromatic heterocycles. The summed E-state index contributed by atoms with van der Waals surface area (Å²) < 4.78 is 0.